The molecule has 2 aromatic heterocycles. The Morgan fingerprint density at radius 3 is 2.82 bits per heavy atom. The zero-order valence-corrected chi connectivity index (χ0v) is 14.1. The van der Waals surface area contributed by atoms with E-state index in [9.17, 15) is 0 Å². The van der Waals surface area contributed by atoms with Gasteiger partial charge in [0.05, 0.1) is 23.8 Å². The SMILES string of the molecule is CC(C)n1cc2c(n1)C(NCc1cncn1C(C)C)CCC2. The standard InChI is InChI=1S/C17H27N5/c1-12(2)21-11-18-8-15(21)9-19-16-7-5-6-14-10-22(13(3)4)20-17(14)16/h8,10-13,16,19H,5-7,9H2,1-4H3. The predicted molar refractivity (Wildman–Crippen MR) is 87.7 cm³/mol. The molecule has 0 radical (unpaired) electrons. The largest absolute Gasteiger partial charge is 0.331 e. The Labute approximate surface area is 132 Å². The maximum Gasteiger partial charge on any atom is 0.0951 e. The van der Waals surface area contributed by atoms with Crippen molar-refractivity contribution in [2.24, 2.45) is 0 Å². The maximum absolute atomic E-state index is 4.82. The summed E-state index contributed by atoms with van der Waals surface area (Å²) in [6.45, 7) is 9.59. The van der Waals surface area contributed by atoms with Crippen LogP contribution in [-0.2, 0) is 13.0 Å². The maximum atomic E-state index is 4.82. The van der Waals surface area contributed by atoms with Gasteiger partial charge >= 0.3 is 0 Å². The minimum atomic E-state index is 0.360. The molecule has 22 heavy (non-hydrogen) atoms. The fraction of sp³-hybridized carbons (Fsp3) is 0.647. The molecule has 0 aromatic carbocycles. The van der Waals surface area contributed by atoms with Crippen molar-refractivity contribution in [1.29, 1.82) is 0 Å². The Morgan fingerprint density at radius 1 is 1.27 bits per heavy atom. The van der Waals surface area contributed by atoms with Gasteiger partial charge in [0, 0.05) is 31.0 Å². The Hall–Kier alpha value is -1.62. The lowest BCUT2D eigenvalue weighted by atomic mass is 9.94. The third-order valence-corrected chi connectivity index (χ3v) is 4.47. The summed E-state index contributed by atoms with van der Waals surface area (Å²) in [5.74, 6) is 0. The average Bonchev–Trinajstić information content (AvgIpc) is 3.11. The second-order valence-electron chi connectivity index (χ2n) is 6.83. The third kappa shape index (κ3) is 2.95. The molecule has 0 fully saturated rings. The highest BCUT2D eigenvalue weighted by Crippen LogP contribution is 2.29. The van der Waals surface area contributed by atoms with E-state index in [1.807, 2.05) is 12.5 Å². The molecular formula is C17H27N5. The number of hydrogen-bond donors (Lipinski definition) is 1. The van der Waals surface area contributed by atoms with E-state index in [-0.39, 0.29) is 0 Å². The number of imidazole rings is 1. The molecule has 1 aliphatic carbocycles. The van der Waals surface area contributed by atoms with Gasteiger partial charge in [-0.1, -0.05) is 0 Å². The number of aromatic nitrogens is 4. The topological polar surface area (TPSA) is 47.7 Å². The van der Waals surface area contributed by atoms with Gasteiger partial charge in [0.1, 0.15) is 0 Å². The van der Waals surface area contributed by atoms with Crippen LogP contribution >= 0.6 is 0 Å². The molecule has 120 valence electrons. The number of aryl methyl sites for hydroxylation is 1. The normalized spacial score (nSPS) is 18.2. The fourth-order valence-electron chi connectivity index (χ4n) is 3.19. The van der Waals surface area contributed by atoms with E-state index in [1.165, 1.54) is 23.4 Å². The predicted octanol–water partition coefficient (Wildman–Crippen LogP) is 3.41. The van der Waals surface area contributed by atoms with Gasteiger partial charge in [-0.25, -0.2) is 4.98 Å². The minimum absolute atomic E-state index is 0.360. The van der Waals surface area contributed by atoms with Gasteiger partial charge in [-0.2, -0.15) is 5.10 Å². The molecule has 1 atom stereocenters. The summed E-state index contributed by atoms with van der Waals surface area (Å²) >= 11 is 0. The molecule has 0 amide bonds. The Bertz CT molecular complexity index is 623. The molecule has 5 nitrogen and oxygen atoms in total. The monoisotopic (exact) mass is 301 g/mol. The number of rotatable bonds is 5. The number of nitrogens with zero attached hydrogens (tertiary/aromatic N) is 4. The van der Waals surface area contributed by atoms with Crippen LogP contribution in [0.25, 0.3) is 0 Å². The van der Waals surface area contributed by atoms with Gasteiger partial charge in [0.2, 0.25) is 0 Å². The molecule has 1 N–H and O–H groups in total. The summed E-state index contributed by atoms with van der Waals surface area (Å²) in [6, 6.07) is 1.23. The first-order valence-corrected chi connectivity index (χ1v) is 8.38. The first-order chi connectivity index (χ1) is 10.6. The van der Waals surface area contributed by atoms with Crippen molar-refractivity contribution >= 4 is 0 Å². The van der Waals surface area contributed by atoms with E-state index in [1.54, 1.807) is 0 Å². The van der Waals surface area contributed by atoms with Crippen LogP contribution in [0.5, 0.6) is 0 Å². The zero-order valence-electron chi connectivity index (χ0n) is 14.1. The van der Waals surface area contributed by atoms with Gasteiger partial charge in [0.15, 0.2) is 0 Å². The van der Waals surface area contributed by atoms with Crippen molar-refractivity contribution in [3.63, 3.8) is 0 Å². The summed E-state index contributed by atoms with van der Waals surface area (Å²) in [6.07, 6.45) is 9.66. The van der Waals surface area contributed by atoms with Gasteiger partial charge in [-0.3, -0.25) is 4.68 Å². The summed E-state index contributed by atoms with van der Waals surface area (Å²) in [5, 5.41) is 8.51. The highest BCUT2D eigenvalue weighted by molar-refractivity contribution is 5.24. The fourth-order valence-corrected chi connectivity index (χ4v) is 3.19. The van der Waals surface area contributed by atoms with Crippen LogP contribution in [0.15, 0.2) is 18.7 Å². The van der Waals surface area contributed by atoms with Crippen LogP contribution in [0.3, 0.4) is 0 Å². The summed E-state index contributed by atoms with van der Waals surface area (Å²) < 4.78 is 4.33. The lowest BCUT2D eigenvalue weighted by molar-refractivity contribution is 0.429. The van der Waals surface area contributed by atoms with Crippen molar-refractivity contribution in [2.75, 3.05) is 0 Å². The second-order valence-corrected chi connectivity index (χ2v) is 6.83. The first-order valence-electron chi connectivity index (χ1n) is 8.38. The summed E-state index contributed by atoms with van der Waals surface area (Å²) in [4.78, 5) is 4.28. The molecule has 0 spiro atoms. The molecule has 0 aliphatic heterocycles. The van der Waals surface area contributed by atoms with Crippen LogP contribution in [-0.4, -0.2) is 19.3 Å². The number of nitrogens with one attached hydrogen (secondary N) is 1. The second kappa shape index (κ2) is 6.24. The van der Waals surface area contributed by atoms with E-state index in [0.29, 0.717) is 18.1 Å². The number of fused-ring (bicyclic) bond motifs is 1. The molecule has 3 rings (SSSR count). The molecule has 1 unspecified atom stereocenters. The quantitative estimate of drug-likeness (QED) is 0.920. The van der Waals surface area contributed by atoms with Crippen molar-refractivity contribution in [1.82, 2.24) is 24.6 Å². The van der Waals surface area contributed by atoms with Crippen LogP contribution in [0.1, 0.15) is 75.6 Å². The van der Waals surface area contributed by atoms with Crippen LogP contribution in [0.2, 0.25) is 0 Å². The molecule has 2 heterocycles. The summed E-state index contributed by atoms with van der Waals surface area (Å²) in [7, 11) is 0. The average molecular weight is 301 g/mol. The van der Waals surface area contributed by atoms with Crippen molar-refractivity contribution in [2.45, 2.75) is 71.6 Å². The molecule has 2 aromatic rings. The minimum Gasteiger partial charge on any atom is -0.331 e. The summed E-state index contributed by atoms with van der Waals surface area (Å²) in [5.41, 5.74) is 3.90. The van der Waals surface area contributed by atoms with Crippen LogP contribution < -0.4 is 5.32 Å². The smallest absolute Gasteiger partial charge is 0.0951 e. The molecule has 5 heteroatoms. The van der Waals surface area contributed by atoms with Crippen molar-refractivity contribution < 1.29 is 0 Å². The van der Waals surface area contributed by atoms with E-state index in [4.69, 9.17) is 5.10 Å². The van der Waals surface area contributed by atoms with Gasteiger partial charge in [0.25, 0.3) is 0 Å². The van der Waals surface area contributed by atoms with Gasteiger partial charge in [-0.15, -0.1) is 0 Å². The van der Waals surface area contributed by atoms with Crippen molar-refractivity contribution in [3.8, 4) is 0 Å². The Morgan fingerprint density at radius 2 is 2.09 bits per heavy atom. The molecule has 0 saturated heterocycles. The molecule has 0 saturated carbocycles. The van der Waals surface area contributed by atoms with Gasteiger partial charge in [-0.05, 0) is 52.5 Å². The first kappa shape index (κ1) is 15.3. The van der Waals surface area contributed by atoms with E-state index < -0.39 is 0 Å². The zero-order chi connectivity index (χ0) is 15.7. The van der Waals surface area contributed by atoms with Crippen LogP contribution in [0.4, 0.5) is 0 Å². The van der Waals surface area contributed by atoms with E-state index in [2.05, 4.69) is 53.4 Å². The molecule has 0 bridgehead atoms. The number of hydrogen-bond acceptors (Lipinski definition) is 3. The lowest BCUT2D eigenvalue weighted by Crippen LogP contribution is -2.26. The van der Waals surface area contributed by atoms with Gasteiger partial charge < -0.3 is 9.88 Å². The molecule has 1 aliphatic rings. The third-order valence-electron chi connectivity index (χ3n) is 4.47. The van der Waals surface area contributed by atoms with Crippen molar-refractivity contribution in [3.05, 3.63) is 35.7 Å². The lowest BCUT2D eigenvalue weighted by Gasteiger charge is -2.23. The highest BCUT2D eigenvalue weighted by atomic mass is 15.3. The van der Waals surface area contributed by atoms with E-state index >= 15 is 0 Å². The molecular weight excluding hydrogens is 274 g/mol. The Kier molecular flexibility index (Phi) is 4.34. The van der Waals surface area contributed by atoms with Crippen LogP contribution in [0, 0.1) is 0 Å². The highest BCUT2D eigenvalue weighted by Gasteiger charge is 2.24. The Balaban J connectivity index is 1.73. The van der Waals surface area contributed by atoms with E-state index in [0.717, 1.165) is 19.4 Å².